The lowest BCUT2D eigenvalue weighted by atomic mass is 8.53. The number of nitrogens with zero attached hydrogens (tertiary/aromatic N) is 4. The SMILES string of the molecule is C.C=C=C=C=C=C=C=C=C=C=C=C.CNc1c(Br)cccc1[N+](=O)[O-].CNc1c(N)cccc1Br.Cn1c(=O)[nH]c2cccc(C3CC3)c21.Cn1c(=O)[nH]c2cccc(N)c21.O=[N+]([O-])c1cccc(Br)c1F.[B]B([B])B([B])B(B([B])[B])B([B])[B]. The number of hydrogen-bond donors (Lipinski definition) is 6. The van der Waals surface area contributed by atoms with Crippen molar-refractivity contribution in [1.29, 1.82) is 0 Å². The van der Waals surface area contributed by atoms with Crippen LogP contribution in [0.25, 0.3) is 22.1 Å². The number of aromatic nitrogens is 4. The van der Waals surface area contributed by atoms with E-state index in [4.69, 9.17) is 65.6 Å². The van der Waals surface area contributed by atoms with Crippen LogP contribution >= 0.6 is 47.8 Å². The summed E-state index contributed by atoms with van der Waals surface area (Å²) in [5.41, 5.74) is 42.9. The lowest BCUT2D eigenvalue weighted by Crippen LogP contribution is -2.67. The normalized spacial score (nSPS) is 9.76. The maximum absolute atomic E-state index is 12.8. The number of aryl methyl sites for hydroxylation is 2. The Bertz CT molecular complexity index is 3840. The number of nitro benzene ring substituents is 2. The Balaban J connectivity index is 0.000000490. The third-order valence-electron chi connectivity index (χ3n) is 11.2. The topological polar surface area (TPSA) is 238 Å². The molecule has 0 spiro atoms. The summed E-state index contributed by atoms with van der Waals surface area (Å²) in [6.07, 6.45) is -0.699. The summed E-state index contributed by atoms with van der Waals surface area (Å²) in [5.74, 6) is -0.155. The first-order chi connectivity index (χ1) is 39.3. The van der Waals surface area contributed by atoms with Gasteiger partial charge in [0.25, 0.3) is 5.69 Å². The molecule has 1 fully saturated rings. The Morgan fingerprint density at radius 3 is 1.37 bits per heavy atom. The number of aromatic amines is 2. The number of nitrogens with two attached hydrogens (primary N) is 2. The summed E-state index contributed by atoms with van der Waals surface area (Å²) in [7, 11) is 44.9. The third-order valence-corrected chi connectivity index (χ3v) is 13.1. The van der Waals surface area contributed by atoms with E-state index < -0.39 is 53.3 Å². The highest BCUT2D eigenvalue weighted by Crippen LogP contribution is 2.42. The van der Waals surface area contributed by atoms with Crippen molar-refractivity contribution in [3.63, 3.8) is 0 Å². The number of fused-ring (bicyclic) bond motifs is 2. The summed E-state index contributed by atoms with van der Waals surface area (Å²) in [4.78, 5) is 47.5. The second-order valence-corrected chi connectivity index (χ2v) is 19.5. The largest absolute Gasteiger partial charge is 0.397 e. The minimum atomic E-state index is -0.836. The van der Waals surface area contributed by atoms with Crippen molar-refractivity contribution >= 4 is 190 Å². The Kier molecular flexibility index (Phi) is 33.8. The van der Waals surface area contributed by atoms with Gasteiger partial charge in [0.2, 0.25) is 5.82 Å². The first kappa shape index (κ1) is 74.3. The van der Waals surface area contributed by atoms with Crippen LogP contribution in [0.5, 0.6) is 0 Å². The number of anilines is 4. The van der Waals surface area contributed by atoms with Gasteiger partial charge in [-0.2, -0.15) is 4.39 Å². The molecule has 0 aliphatic heterocycles. The van der Waals surface area contributed by atoms with Crippen LogP contribution in [0.15, 0.2) is 184 Å². The van der Waals surface area contributed by atoms with Crippen LogP contribution in [0.1, 0.15) is 31.7 Å². The van der Waals surface area contributed by atoms with E-state index in [1.54, 1.807) is 36.9 Å². The second-order valence-electron chi connectivity index (χ2n) is 16.9. The zero-order chi connectivity index (χ0) is 62.5. The number of benzene rings is 5. The molecule has 8 N–H and O–H groups in total. The van der Waals surface area contributed by atoms with Crippen molar-refractivity contribution in [3.8, 4) is 0 Å². The van der Waals surface area contributed by atoms with Crippen molar-refractivity contribution in [1.82, 2.24) is 19.1 Å². The van der Waals surface area contributed by atoms with Gasteiger partial charge in [-0.3, -0.25) is 29.4 Å². The van der Waals surface area contributed by atoms with E-state index in [9.17, 15) is 34.2 Å². The van der Waals surface area contributed by atoms with E-state index in [2.05, 4.69) is 145 Å². The van der Waals surface area contributed by atoms with Crippen LogP contribution in [0.4, 0.5) is 38.5 Å². The fraction of sp³-hybridized carbons (Fsp3) is 0.154. The van der Waals surface area contributed by atoms with E-state index in [0.717, 1.165) is 44.0 Å². The molecule has 7 aromatic rings. The fourth-order valence-electron chi connectivity index (χ4n) is 7.05. The van der Waals surface area contributed by atoms with E-state index in [1.165, 1.54) is 41.2 Å². The van der Waals surface area contributed by atoms with Gasteiger partial charge in [-0.05, 0) is 174 Å². The summed E-state index contributed by atoms with van der Waals surface area (Å²) in [5, 5.41) is 26.3. The molecule has 2 heterocycles. The molecule has 406 valence electrons. The third kappa shape index (κ3) is 23.5. The molecule has 0 unspecified atom stereocenters. The minimum absolute atomic E-state index is 0. The van der Waals surface area contributed by atoms with Crippen LogP contribution in [-0.4, -0.2) is 129 Å². The van der Waals surface area contributed by atoms with Gasteiger partial charge in [0.15, 0.2) is 0 Å². The van der Waals surface area contributed by atoms with E-state index in [1.807, 2.05) is 56.6 Å². The van der Waals surface area contributed by atoms with Crippen LogP contribution < -0.4 is 33.5 Å². The lowest BCUT2D eigenvalue weighted by Gasteiger charge is -2.29. The van der Waals surface area contributed by atoms with Gasteiger partial charge in [-0.15, -0.1) is 0 Å². The second kappa shape index (κ2) is 38.2. The number of imidazole rings is 2. The molecule has 1 aliphatic rings. The molecule has 8 rings (SSSR count). The number of nitrogens with one attached hydrogen (secondary N) is 4. The zero-order valence-electron chi connectivity index (χ0n) is 45.4. The summed E-state index contributed by atoms with van der Waals surface area (Å²) in [6, 6.07) is 26.0. The van der Waals surface area contributed by atoms with Gasteiger partial charge in [0.05, 0.1) is 53.4 Å². The smallest absolute Gasteiger partial charge is 0.326 e. The van der Waals surface area contributed by atoms with Crippen LogP contribution in [-0.2, 0) is 14.1 Å². The Hall–Kier alpha value is -7.67. The van der Waals surface area contributed by atoms with Gasteiger partial charge in [0.1, 0.15) is 5.69 Å². The highest BCUT2D eigenvalue weighted by Gasteiger charge is 2.30. The zero-order valence-corrected chi connectivity index (χ0v) is 50.2. The van der Waals surface area contributed by atoms with E-state index >= 15 is 0 Å². The molecule has 1 saturated carbocycles. The van der Waals surface area contributed by atoms with E-state index in [-0.39, 0.29) is 29.0 Å². The summed E-state index contributed by atoms with van der Waals surface area (Å²) >= 11 is 9.41. The highest BCUT2D eigenvalue weighted by molar-refractivity contribution is 9.11. The molecule has 0 atom stereocenters. The van der Waals surface area contributed by atoms with Crippen LogP contribution in [0.2, 0.25) is 0 Å². The fourth-order valence-corrected chi connectivity index (χ4v) is 8.54. The highest BCUT2D eigenvalue weighted by atomic mass is 79.9. The van der Waals surface area contributed by atoms with Crippen molar-refractivity contribution < 1.29 is 14.2 Å². The average Bonchev–Trinajstić information content (AvgIpc) is 4.23. The number of para-hydroxylation sites is 4. The Labute approximate surface area is 523 Å². The van der Waals surface area contributed by atoms with Crippen molar-refractivity contribution in [2.45, 2.75) is 26.2 Å². The first-order valence-electron chi connectivity index (χ1n) is 24.2. The molecule has 84 heavy (non-hydrogen) atoms. The van der Waals surface area contributed by atoms with Crippen molar-refractivity contribution in [2.75, 3.05) is 36.2 Å². The Morgan fingerprint density at radius 2 is 1.00 bits per heavy atom. The molecule has 0 saturated heterocycles. The molecule has 1 aliphatic carbocycles. The Morgan fingerprint density at radius 1 is 0.607 bits per heavy atom. The van der Waals surface area contributed by atoms with Gasteiger partial charge in [-0.1, -0.05) is 55.3 Å². The number of nitro groups is 2. The standard InChI is InChI=1S/C12H4.C11H12N2O.C8H9N3O.C7H7BrN2O2.C7H9BrN2.C6H3BrFNO2.CH4.B12/c1-3-5-7-9-11-12-10-8-6-4-2;1-13-10-8(7-5-6-7)3-2-4-9(10)12-11(13)14;1-11-7-5(9)3-2-4-6(7)10-8(11)12;1-9-7-5(8)3-2-4-6(7)10(11)12;1-10-7-5(8)3-2-4-6(7)9;7-4-2-1-3-5(6(4)8)9(10)11;;1-8(2)11(7)12(9(3)4)10(5)6/h1-2H2;2-4,7H,5-6H2,1H3,(H,12,14);2-4H,9H2,1H3,(H,10,12);2-4,9H,1H3;2-4,10H,9H2,1H3;1-3H;1H4;. The number of H-pyrrole nitrogens is 2. The summed E-state index contributed by atoms with van der Waals surface area (Å²) in [6.45, 7) is 6.56. The van der Waals surface area contributed by atoms with Crippen LogP contribution in [0.3, 0.4) is 0 Å². The minimum Gasteiger partial charge on any atom is -0.397 e. The molecular weight excluding hydrogens is 1250 g/mol. The average molecular weight is 1300 g/mol. The number of halogens is 4. The van der Waals surface area contributed by atoms with E-state index in [0.29, 0.717) is 21.8 Å². The molecule has 16 nitrogen and oxygen atoms in total. The number of nitrogen functional groups attached to an aromatic ring is 2. The first-order valence-corrected chi connectivity index (χ1v) is 26.5. The van der Waals surface area contributed by atoms with Crippen molar-refractivity contribution in [2.24, 2.45) is 14.1 Å². The molecule has 5 aromatic carbocycles. The molecular formula is C52H48B12Br3FN10O6. The predicted molar refractivity (Wildman–Crippen MR) is 365 cm³/mol. The quantitative estimate of drug-likeness (QED) is 0.0272. The molecule has 32 heteroatoms. The molecule has 0 amide bonds. The molecule has 14 radical (unpaired) electrons. The lowest BCUT2D eigenvalue weighted by molar-refractivity contribution is -0.387. The maximum Gasteiger partial charge on any atom is 0.326 e. The predicted octanol–water partition coefficient (Wildman–Crippen LogP) is 7.58. The van der Waals surface area contributed by atoms with Crippen LogP contribution in [0, 0.1) is 26.0 Å². The number of hydrogen-bond acceptors (Lipinski definition) is 10. The summed E-state index contributed by atoms with van der Waals surface area (Å²) < 4.78 is 17.8. The molecule has 0 bridgehead atoms. The van der Waals surface area contributed by atoms with Gasteiger partial charge in [0, 0.05) is 135 Å². The molecule has 2 aromatic heterocycles. The monoisotopic (exact) mass is 1300 g/mol. The van der Waals surface area contributed by atoms with Gasteiger partial charge >= 0.3 is 17.1 Å². The van der Waals surface area contributed by atoms with Gasteiger partial charge < -0.3 is 32.1 Å². The maximum atomic E-state index is 12.8. The van der Waals surface area contributed by atoms with Gasteiger partial charge in [-0.25, -0.2) is 9.59 Å². The number of rotatable bonds is 9. The van der Waals surface area contributed by atoms with Crippen molar-refractivity contribution in [3.05, 3.63) is 227 Å².